The largest absolute Gasteiger partial charge is 0.454 e. The van der Waals surface area contributed by atoms with Gasteiger partial charge in [-0.1, -0.05) is 18.2 Å². The van der Waals surface area contributed by atoms with Crippen LogP contribution in [0.2, 0.25) is 0 Å². The van der Waals surface area contributed by atoms with Crippen LogP contribution in [0, 0.1) is 0 Å². The second kappa shape index (κ2) is 7.92. The van der Waals surface area contributed by atoms with Gasteiger partial charge in [-0.25, -0.2) is 0 Å². The summed E-state index contributed by atoms with van der Waals surface area (Å²) in [6, 6.07) is 13.7. The molecule has 28 heavy (non-hydrogen) atoms. The van der Waals surface area contributed by atoms with Gasteiger partial charge in [-0.05, 0) is 54.8 Å². The molecule has 7 nitrogen and oxygen atoms in total. The quantitative estimate of drug-likeness (QED) is 0.502. The summed E-state index contributed by atoms with van der Waals surface area (Å²) in [6.07, 6.45) is 1.65. The summed E-state index contributed by atoms with van der Waals surface area (Å²) in [5, 5.41) is 3.85. The maximum atomic E-state index is 12.4. The fraction of sp³-hybridized carbons (Fsp3) is 0.286. The Labute approximate surface area is 163 Å². The monoisotopic (exact) mass is 380 g/mol. The van der Waals surface area contributed by atoms with Crippen LogP contribution in [0.3, 0.4) is 0 Å². The number of rotatable bonds is 7. The average molecular weight is 380 g/mol. The van der Waals surface area contributed by atoms with Crippen LogP contribution in [0.5, 0.6) is 11.5 Å². The van der Waals surface area contributed by atoms with E-state index in [0.717, 1.165) is 46.4 Å². The summed E-state index contributed by atoms with van der Waals surface area (Å²) < 4.78 is 10.8. The van der Waals surface area contributed by atoms with Crippen LogP contribution in [0.25, 0.3) is 22.0 Å². The van der Waals surface area contributed by atoms with Crippen molar-refractivity contribution in [3.8, 4) is 22.6 Å². The van der Waals surface area contributed by atoms with E-state index in [1.807, 2.05) is 42.5 Å². The maximum absolute atomic E-state index is 12.4. The van der Waals surface area contributed by atoms with Gasteiger partial charge in [0.15, 0.2) is 11.5 Å². The number of ether oxygens (including phenoxy) is 2. The fourth-order valence-corrected chi connectivity index (χ4v) is 3.31. The van der Waals surface area contributed by atoms with E-state index in [2.05, 4.69) is 10.3 Å². The molecule has 1 aromatic heterocycles. The van der Waals surface area contributed by atoms with Gasteiger partial charge in [0.2, 0.25) is 6.79 Å². The summed E-state index contributed by atoms with van der Waals surface area (Å²) in [7, 11) is 0. The van der Waals surface area contributed by atoms with Gasteiger partial charge in [0.1, 0.15) is 5.69 Å². The third-order valence-electron chi connectivity index (χ3n) is 4.88. The molecule has 146 valence electrons. The lowest BCUT2D eigenvalue weighted by molar-refractivity contribution is 0.0946. The number of H-pyrrole nitrogens is 1. The minimum Gasteiger partial charge on any atom is -0.454 e. The number of carbonyl (C=O) groups is 1. The van der Waals surface area contributed by atoms with Crippen molar-refractivity contribution in [3.05, 3.63) is 48.2 Å². The van der Waals surface area contributed by atoms with Crippen LogP contribution < -0.4 is 26.3 Å². The Hall–Kier alpha value is -3.03. The number of nitrogens with one attached hydrogen (secondary N) is 2. The van der Waals surface area contributed by atoms with Crippen LogP contribution in [0.15, 0.2) is 42.5 Å². The van der Waals surface area contributed by atoms with Crippen molar-refractivity contribution in [2.45, 2.75) is 18.9 Å². The van der Waals surface area contributed by atoms with E-state index in [9.17, 15) is 4.79 Å². The maximum Gasteiger partial charge on any atom is 0.267 e. The number of aromatic amines is 1. The molecular formula is C21H24N4O3. The molecule has 0 radical (unpaired) electrons. The molecular weight excluding hydrogens is 356 g/mol. The highest BCUT2D eigenvalue weighted by Gasteiger charge is 2.15. The first kappa shape index (κ1) is 18.3. The lowest BCUT2D eigenvalue weighted by Crippen LogP contribution is -2.37. The first-order valence-electron chi connectivity index (χ1n) is 9.40. The van der Waals surface area contributed by atoms with Crippen molar-refractivity contribution < 1.29 is 14.3 Å². The second-order valence-corrected chi connectivity index (χ2v) is 6.95. The van der Waals surface area contributed by atoms with Gasteiger partial charge in [0.05, 0.1) is 0 Å². The molecule has 0 fully saturated rings. The van der Waals surface area contributed by atoms with Crippen molar-refractivity contribution in [1.29, 1.82) is 0 Å². The highest BCUT2D eigenvalue weighted by molar-refractivity contribution is 5.98. The predicted octanol–water partition coefficient (Wildman–Crippen LogP) is 2.36. The molecule has 1 aliphatic rings. The van der Waals surface area contributed by atoms with E-state index in [1.165, 1.54) is 0 Å². The van der Waals surface area contributed by atoms with Crippen LogP contribution >= 0.6 is 0 Å². The topological polar surface area (TPSA) is 115 Å². The molecule has 0 unspecified atom stereocenters. The number of hydrogen-bond donors (Lipinski definition) is 4. The fourth-order valence-electron chi connectivity index (χ4n) is 3.31. The summed E-state index contributed by atoms with van der Waals surface area (Å²) in [5.74, 6) is 1.34. The molecule has 1 amide bonds. The number of nitrogens with two attached hydrogens (primary N) is 2. The Balaban J connectivity index is 1.49. The van der Waals surface area contributed by atoms with E-state index < -0.39 is 0 Å². The third kappa shape index (κ3) is 3.81. The minimum atomic E-state index is -0.163. The highest BCUT2D eigenvalue weighted by Crippen LogP contribution is 2.36. The van der Waals surface area contributed by atoms with Gasteiger partial charge in [-0.15, -0.1) is 0 Å². The lowest BCUT2D eigenvalue weighted by atomic mass is 10.0. The third-order valence-corrected chi connectivity index (χ3v) is 4.88. The molecule has 0 spiro atoms. The van der Waals surface area contributed by atoms with Crippen LogP contribution in [0.1, 0.15) is 23.3 Å². The Bertz CT molecular complexity index is 998. The van der Waals surface area contributed by atoms with Crippen LogP contribution in [0.4, 0.5) is 0 Å². The molecule has 4 rings (SSSR count). The summed E-state index contributed by atoms with van der Waals surface area (Å²) in [4.78, 5) is 15.6. The van der Waals surface area contributed by atoms with Crippen LogP contribution in [-0.2, 0) is 0 Å². The number of amides is 1. The molecule has 1 aliphatic heterocycles. The average Bonchev–Trinajstić information content (AvgIpc) is 3.35. The Kier molecular flexibility index (Phi) is 5.18. The number of benzene rings is 2. The molecule has 2 aromatic carbocycles. The van der Waals surface area contributed by atoms with Crippen molar-refractivity contribution in [3.63, 3.8) is 0 Å². The molecule has 0 saturated carbocycles. The SMILES string of the molecule is NCCC[C@H](N)CNC(=O)c1cc2ccc(-c3ccc4c(c3)OCO4)cc2[nH]1. The van der Waals surface area contributed by atoms with Crippen molar-refractivity contribution in [2.24, 2.45) is 11.5 Å². The Morgan fingerprint density at radius 1 is 1.11 bits per heavy atom. The van der Waals surface area contributed by atoms with E-state index >= 15 is 0 Å². The standard InChI is InChI=1S/C21H24N4O3/c22-7-1-2-16(23)11-24-21(26)18-9-15-4-3-13(8-17(15)25-18)14-5-6-19-20(10-14)28-12-27-19/h3-6,8-10,16,25H,1-2,7,11-12,22-23H2,(H,24,26)/t16-/m0/s1. The molecule has 6 N–H and O–H groups in total. The predicted molar refractivity (Wildman–Crippen MR) is 108 cm³/mol. The summed E-state index contributed by atoms with van der Waals surface area (Å²) in [6.45, 7) is 1.29. The first-order valence-corrected chi connectivity index (χ1v) is 9.40. The van der Waals surface area contributed by atoms with E-state index in [4.69, 9.17) is 20.9 Å². The Morgan fingerprint density at radius 3 is 2.75 bits per heavy atom. The van der Waals surface area contributed by atoms with E-state index in [0.29, 0.717) is 18.8 Å². The molecule has 0 saturated heterocycles. The van der Waals surface area contributed by atoms with Crippen molar-refractivity contribution in [2.75, 3.05) is 19.9 Å². The van der Waals surface area contributed by atoms with E-state index in [1.54, 1.807) is 0 Å². The molecule has 2 heterocycles. The van der Waals surface area contributed by atoms with Gasteiger partial charge in [-0.3, -0.25) is 4.79 Å². The Morgan fingerprint density at radius 2 is 1.89 bits per heavy atom. The molecule has 0 aliphatic carbocycles. The number of carbonyl (C=O) groups excluding carboxylic acids is 1. The van der Waals surface area contributed by atoms with Crippen molar-refractivity contribution in [1.82, 2.24) is 10.3 Å². The first-order chi connectivity index (χ1) is 13.6. The minimum absolute atomic E-state index is 0.0884. The number of hydrogen-bond acceptors (Lipinski definition) is 5. The second-order valence-electron chi connectivity index (χ2n) is 6.95. The van der Waals surface area contributed by atoms with Gasteiger partial charge in [0.25, 0.3) is 5.91 Å². The molecule has 3 aromatic rings. The normalized spacial score (nSPS) is 13.6. The van der Waals surface area contributed by atoms with E-state index in [-0.39, 0.29) is 18.7 Å². The smallest absolute Gasteiger partial charge is 0.267 e. The van der Waals surface area contributed by atoms with Crippen molar-refractivity contribution >= 4 is 16.8 Å². The molecule has 7 heteroatoms. The lowest BCUT2D eigenvalue weighted by Gasteiger charge is -2.11. The zero-order chi connectivity index (χ0) is 19.5. The van der Waals surface area contributed by atoms with Crippen LogP contribution in [-0.4, -0.2) is 36.8 Å². The van der Waals surface area contributed by atoms with Gasteiger partial charge in [0, 0.05) is 23.5 Å². The number of aromatic nitrogens is 1. The zero-order valence-electron chi connectivity index (χ0n) is 15.5. The van der Waals surface area contributed by atoms with Gasteiger partial charge < -0.3 is 31.2 Å². The molecule has 0 bridgehead atoms. The molecule has 1 atom stereocenters. The highest BCUT2D eigenvalue weighted by atomic mass is 16.7. The zero-order valence-corrected chi connectivity index (χ0v) is 15.5. The van der Waals surface area contributed by atoms with Gasteiger partial charge in [-0.2, -0.15) is 0 Å². The van der Waals surface area contributed by atoms with Gasteiger partial charge >= 0.3 is 0 Å². The number of fused-ring (bicyclic) bond motifs is 2. The summed E-state index contributed by atoms with van der Waals surface area (Å²) >= 11 is 0. The summed E-state index contributed by atoms with van der Waals surface area (Å²) in [5.41, 5.74) is 14.9.